The highest BCUT2D eigenvalue weighted by Crippen LogP contribution is 2.23. The molecule has 0 aliphatic carbocycles. The molecule has 0 aliphatic heterocycles. The minimum Gasteiger partial charge on any atom is -0.331 e. The fourth-order valence-corrected chi connectivity index (χ4v) is 1.52. The number of urea groups is 1. The maximum absolute atomic E-state index is 11.6. The van der Waals surface area contributed by atoms with Gasteiger partial charge in [-0.05, 0) is 31.5 Å². The van der Waals surface area contributed by atoms with Crippen LogP contribution in [0.2, 0.25) is 5.02 Å². The molecule has 0 aliphatic rings. The summed E-state index contributed by atoms with van der Waals surface area (Å²) in [4.78, 5) is 13.1. The van der Waals surface area contributed by atoms with Gasteiger partial charge >= 0.3 is 6.03 Å². The molecule has 1 N–H and O–H groups in total. The van der Waals surface area contributed by atoms with E-state index in [0.717, 1.165) is 5.56 Å². The lowest BCUT2D eigenvalue weighted by atomic mass is 9.94. The number of carbonyl (C=O) groups excluding carboxylic acids is 1. The van der Waals surface area contributed by atoms with Crippen molar-refractivity contribution in [3.8, 4) is 0 Å². The SMILES string of the molecule is CN(C)C(=O)NC(C)(C)c1cccc(Cl)c1. The minimum absolute atomic E-state index is 0.120. The van der Waals surface area contributed by atoms with E-state index in [9.17, 15) is 4.79 Å². The molecule has 3 nitrogen and oxygen atoms in total. The summed E-state index contributed by atoms with van der Waals surface area (Å²) < 4.78 is 0. The number of benzene rings is 1. The number of amides is 2. The van der Waals surface area contributed by atoms with E-state index in [4.69, 9.17) is 11.6 Å². The molecule has 1 rings (SSSR count). The standard InChI is InChI=1S/C12H17ClN2O/c1-12(2,14-11(16)15(3)4)9-6-5-7-10(13)8-9/h5-8H,1-4H3,(H,14,16). The summed E-state index contributed by atoms with van der Waals surface area (Å²) in [6.45, 7) is 3.89. The van der Waals surface area contributed by atoms with Gasteiger partial charge in [0.05, 0.1) is 5.54 Å². The summed E-state index contributed by atoms with van der Waals surface area (Å²) in [5.41, 5.74) is 0.543. The lowest BCUT2D eigenvalue weighted by Gasteiger charge is -2.28. The van der Waals surface area contributed by atoms with Crippen molar-refractivity contribution in [2.24, 2.45) is 0 Å². The second-order valence-electron chi connectivity index (χ2n) is 4.46. The van der Waals surface area contributed by atoms with Gasteiger partial charge < -0.3 is 10.2 Å². The third-order valence-electron chi connectivity index (χ3n) is 2.37. The average Bonchev–Trinajstić information content (AvgIpc) is 2.17. The molecule has 0 bridgehead atoms. The van der Waals surface area contributed by atoms with Crippen LogP contribution in [0.3, 0.4) is 0 Å². The highest BCUT2D eigenvalue weighted by molar-refractivity contribution is 6.30. The Morgan fingerprint density at radius 3 is 2.50 bits per heavy atom. The van der Waals surface area contributed by atoms with Gasteiger partial charge in [-0.1, -0.05) is 23.7 Å². The first kappa shape index (κ1) is 12.8. The summed E-state index contributed by atoms with van der Waals surface area (Å²) in [6, 6.07) is 7.38. The van der Waals surface area contributed by atoms with E-state index < -0.39 is 5.54 Å². The zero-order valence-corrected chi connectivity index (χ0v) is 10.8. The summed E-state index contributed by atoms with van der Waals surface area (Å²) in [6.07, 6.45) is 0. The van der Waals surface area contributed by atoms with Gasteiger partial charge in [-0.2, -0.15) is 0 Å². The van der Waals surface area contributed by atoms with Gasteiger partial charge in [-0.25, -0.2) is 4.79 Å². The molecule has 0 atom stereocenters. The zero-order chi connectivity index (χ0) is 12.3. The maximum Gasteiger partial charge on any atom is 0.317 e. The van der Waals surface area contributed by atoms with Crippen molar-refractivity contribution in [2.45, 2.75) is 19.4 Å². The number of carbonyl (C=O) groups is 1. The fraction of sp³-hybridized carbons (Fsp3) is 0.417. The third kappa shape index (κ3) is 3.14. The van der Waals surface area contributed by atoms with Gasteiger partial charge in [-0.3, -0.25) is 0 Å². The van der Waals surface area contributed by atoms with Crippen molar-refractivity contribution in [1.82, 2.24) is 10.2 Å². The number of nitrogens with one attached hydrogen (secondary N) is 1. The van der Waals surface area contributed by atoms with Gasteiger partial charge in [-0.15, -0.1) is 0 Å². The number of halogens is 1. The van der Waals surface area contributed by atoms with Gasteiger partial charge in [0.2, 0.25) is 0 Å². The van der Waals surface area contributed by atoms with Crippen LogP contribution in [0.4, 0.5) is 4.79 Å². The number of hydrogen-bond acceptors (Lipinski definition) is 1. The summed E-state index contributed by atoms with van der Waals surface area (Å²) in [5, 5.41) is 3.60. The van der Waals surface area contributed by atoms with Crippen LogP contribution >= 0.6 is 11.6 Å². The first-order chi connectivity index (χ1) is 7.33. The monoisotopic (exact) mass is 240 g/mol. The van der Waals surface area contributed by atoms with E-state index in [1.54, 1.807) is 14.1 Å². The molecule has 0 aromatic heterocycles. The van der Waals surface area contributed by atoms with E-state index in [1.807, 2.05) is 38.1 Å². The molecule has 16 heavy (non-hydrogen) atoms. The van der Waals surface area contributed by atoms with Gasteiger partial charge in [0.15, 0.2) is 0 Å². The normalized spacial score (nSPS) is 11.1. The number of rotatable bonds is 2. The number of nitrogens with zero attached hydrogens (tertiary/aromatic N) is 1. The Morgan fingerprint density at radius 2 is 2.00 bits per heavy atom. The van der Waals surface area contributed by atoms with Crippen molar-refractivity contribution in [2.75, 3.05) is 14.1 Å². The maximum atomic E-state index is 11.6. The second-order valence-corrected chi connectivity index (χ2v) is 4.90. The van der Waals surface area contributed by atoms with Crippen LogP contribution in [0.1, 0.15) is 19.4 Å². The molecule has 0 saturated heterocycles. The molecule has 4 heteroatoms. The third-order valence-corrected chi connectivity index (χ3v) is 2.61. The Morgan fingerprint density at radius 1 is 1.38 bits per heavy atom. The van der Waals surface area contributed by atoms with Crippen molar-refractivity contribution in [3.63, 3.8) is 0 Å². The Hall–Kier alpha value is -1.22. The smallest absolute Gasteiger partial charge is 0.317 e. The van der Waals surface area contributed by atoms with E-state index in [2.05, 4.69) is 5.32 Å². The highest BCUT2D eigenvalue weighted by Gasteiger charge is 2.23. The molecule has 0 saturated carbocycles. The quantitative estimate of drug-likeness (QED) is 0.847. The molecular formula is C12H17ClN2O. The number of hydrogen-bond donors (Lipinski definition) is 1. The zero-order valence-electron chi connectivity index (χ0n) is 10.0. The van der Waals surface area contributed by atoms with E-state index in [-0.39, 0.29) is 6.03 Å². The summed E-state index contributed by atoms with van der Waals surface area (Å²) in [7, 11) is 3.42. The first-order valence-corrected chi connectivity index (χ1v) is 5.46. The van der Waals surface area contributed by atoms with Crippen molar-refractivity contribution >= 4 is 17.6 Å². The molecule has 0 heterocycles. The van der Waals surface area contributed by atoms with Gasteiger partial charge in [0, 0.05) is 19.1 Å². The molecule has 2 amide bonds. The average molecular weight is 241 g/mol. The lowest BCUT2D eigenvalue weighted by molar-refractivity contribution is 0.206. The highest BCUT2D eigenvalue weighted by atomic mass is 35.5. The van der Waals surface area contributed by atoms with Crippen LogP contribution < -0.4 is 5.32 Å². The van der Waals surface area contributed by atoms with Crippen LogP contribution in [0.5, 0.6) is 0 Å². The molecule has 0 radical (unpaired) electrons. The lowest BCUT2D eigenvalue weighted by Crippen LogP contribution is -2.45. The van der Waals surface area contributed by atoms with Crippen LogP contribution in [-0.2, 0) is 5.54 Å². The van der Waals surface area contributed by atoms with Crippen LogP contribution in [0.15, 0.2) is 24.3 Å². The molecule has 1 aromatic rings. The molecular weight excluding hydrogens is 224 g/mol. The van der Waals surface area contributed by atoms with E-state index in [1.165, 1.54) is 4.90 Å². The summed E-state index contributed by atoms with van der Waals surface area (Å²) >= 11 is 5.93. The van der Waals surface area contributed by atoms with Crippen molar-refractivity contribution < 1.29 is 4.79 Å². The predicted molar refractivity (Wildman–Crippen MR) is 66.7 cm³/mol. The minimum atomic E-state index is -0.438. The van der Waals surface area contributed by atoms with Crippen molar-refractivity contribution in [1.29, 1.82) is 0 Å². The van der Waals surface area contributed by atoms with Gasteiger partial charge in [0.1, 0.15) is 0 Å². The molecule has 0 unspecified atom stereocenters. The molecule has 88 valence electrons. The van der Waals surface area contributed by atoms with E-state index in [0.29, 0.717) is 5.02 Å². The first-order valence-electron chi connectivity index (χ1n) is 5.08. The summed E-state index contributed by atoms with van der Waals surface area (Å²) in [5.74, 6) is 0. The van der Waals surface area contributed by atoms with Crippen molar-refractivity contribution in [3.05, 3.63) is 34.9 Å². The van der Waals surface area contributed by atoms with Crippen LogP contribution in [0.25, 0.3) is 0 Å². The topological polar surface area (TPSA) is 32.3 Å². The van der Waals surface area contributed by atoms with Gasteiger partial charge in [0.25, 0.3) is 0 Å². The Kier molecular flexibility index (Phi) is 3.81. The molecule has 0 spiro atoms. The molecule has 1 aromatic carbocycles. The van der Waals surface area contributed by atoms with Crippen LogP contribution in [-0.4, -0.2) is 25.0 Å². The Labute approximate surface area is 101 Å². The van der Waals surface area contributed by atoms with E-state index >= 15 is 0 Å². The predicted octanol–water partition coefficient (Wildman–Crippen LogP) is 2.85. The Bertz CT molecular complexity index is 388. The Balaban J connectivity index is 2.89. The largest absolute Gasteiger partial charge is 0.331 e. The fourth-order valence-electron chi connectivity index (χ4n) is 1.33. The molecule has 0 fully saturated rings. The second kappa shape index (κ2) is 4.74. The van der Waals surface area contributed by atoms with Crippen LogP contribution in [0, 0.1) is 0 Å².